The summed E-state index contributed by atoms with van der Waals surface area (Å²) < 4.78 is 39.4. The third-order valence-electron chi connectivity index (χ3n) is 4.15. The number of nitro groups is 1. The first-order valence-corrected chi connectivity index (χ1v) is 9.33. The molecule has 2 N–H and O–H groups in total. The van der Waals surface area contributed by atoms with Gasteiger partial charge in [0, 0.05) is 38.3 Å². The molecule has 2 aromatic carbocycles. The molecule has 3 aromatic rings. The summed E-state index contributed by atoms with van der Waals surface area (Å²) in [6.45, 7) is 1.51. The van der Waals surface area contributed by atoms with Crippen LogP contribution >= 0.6 is 23.4 Å². The average Bonchev–Trinajstić information content (AvgIpc) is 3.03. The highest BCUT2D eigenvalue weighted by atomic mass is 35.5. The number of thioether (sulfide) groups is 1. The zero-order valence-corrected chi connectivity index (χ0v) is 16.0. The zero-order chi connectivity index (χ0) is 20.7. The molecule has 0 aliphatic carbocycles. The highest BCUT2D eigenvalue weighted by Gasteiger charge is 2.39. The van der Waals surface area contributed by atoms with Gasteiger partial charge in [-0.1, -0.05) is 11.6 Å². The number of nitro benzene ring substituents is 1. The van der Waals surface area contributed by atoms with Crippen LogP contribution in [0.3, 0.4) is 0 Å². The molecule has 0 bridgehead atoms. The number of H-pyrrole nitrogens is 1. The van der Waals surface area contributed by atoms with Gasteiger partial charge < -0.3 is 10.1 Å². The van der Waals surface area contributed by atoms with E-state index >= 15 is 0 Å². The van der Waals surface area contributed by atoms with Crippen LogP contribution in [0.25, 0.3) is 10.9 Å². The van der Waals surface area contributed by atoms with Gasteiger partial charge in [0.25, 0.3) is 5.69 Å². The molecule has 1 atom stereocenters. The highest BCUT2D eigenvalue weighted by Crippen LogP contribution is 2.39. The molecule has 1 heterocycles. The first-order valence-electron chi connectivity index (χ1n) is 7.97. The zero-order valence-electron chi connectivity index (χ0n) is 14.4. The Hall–Kier alpha value is -2.23. The number of aromatic nitrogens is 1. The second-order valence-corrected chi connectivity index (χ2v) is 7.90. The number of halogens is 4. The monoisotopic (exact) mass is 430 g/mol. The Labute approximate surface area is 166 Å². The fourth-order valence-electron chi connectivity index (χ4n) is 2.67. The Morgan fingerprint density at radius 2 is 1.86 bits per heavy atom. The normalized spacial score (nSPS) is 14.2. The van der Waals surface area contributed by atoms with Crippen molar-refractivity contribution >= 4 is 40.0 Å². The molecule has 0 spiro atoms. The predicted molar refractivity (Wildman–Crippen MR) is 102 cm³/mol. The average molecular weight is 431 g/mol. The molecule has 10 heteroatoms. The molecule has 0 aliphatic rings. The molecule has 0 amide bonds. The summed E-state index contributed by atoms with van der Waals surface area (Å²) in [4.78, 5) is 13.6. The van der Waals surface area contributed by atoms with E-state index in [4.69, 9.17) is 11.6 Å². The van der Waals surface area contributed by atoms with Gasteiger partial charge in [-0.05, 0) is 43.3 Å². The van der Waals surface area contributed by atoms with Crippen molar-refractivity contribution in [2.24, 2.45) is 0 Å². The van der Waals surface area contributed by atoms with Gasteiger partial charge in [-0.15, -0.1) is 11.8 Å². The Bertz CT molecular complexity index is 1030. The molecule has 28 heavy (non-hydrogen) atoms. The summed E-state index contributed by atoms with van der Waals surface area (Å²) in [5, 5.41) is 22.6. The van der Waals surface area contributed by atoms with Crippen molar-refractivity contribution in [2.45, 2.75) is 23.6 Å². The van der Waals surface area contributed by atoms with Crippen molar-refractivity contribution in [1.29, 1.82) is 0 Å². The number of fused-ring (bicyclic) bond motifs is 1. The molecule has 0 saturated heterocycles. The lowest BCUT2D eigenvalue weighted by Crippen LogP contribution is -2.24. The molecule has 0 radical (unpaired) electrons. The lowest BCUT2D eigenvalue weighted by atomic mass is 10.1. The van der Waals surface area contributed by atoms with Crippen LogP contribution in [0.2, 0.25) is 5.02 Å². The van der Waals surface area contributed by atoms with E-state index in [-0.39, 0.29) is 22.3 Å². The predicted octanol–water partition coefficient (Wildman–Crippen LogP) is 5.75. The van der Waals surface area contributed by atoms with Crippen LogP contribution in [0.5, 0.6) is 0 Å². The smallest absolute Gasteiger partial charge is 0.383 e. The van der Waals surface area contributed by atoms with E-state index in [0.29, 0.717) is 11.1 Å². The quantitative estimate of drug-likeness (QED) is 0.307. The summed E-state index contributed by atoms with van der Waals surface area (Å²) in [7, 11) is 0. The van der Waals surface area contributed by atoms with Gasteiger partial charge >= 0.3 is 6.18 Å². The largest absolute Gasteiger partial charge is 0.423 e. The van der Waals surface area contributed by atoms with Crippen LogP contribution in [-0.2, 0) is 11.8 Å². The Morgan fingerprint density at radius 1 is 1.21 bits per heavy atom. The maximum absolute atomic E-state index is 13.1. The number of benzene rings is 2. The number of nitrogens with one attached hydrogen (secondary N) is 1. The van der Waals surface area contributed by atoms with E-state index < -0.39 is 28.0 Å². The van der Waals surface area contributed by atoms with Crippen LogP contribution in [0.1, 0.15) is 18.2 Å². The second-order valence-electron chi connectivity index (χ2n) is 6.41. The molecule has 0 saturated carbocycles. The third kappa shape index (κ3) is 4.26. The summed E-state index contributed by atoms with van der Waals surface area (Å²) in [6, 6.07) is 9.96. The minimum absolute atomic E-state index is 0.0599. The lowest BCUT2D eigenvalue weighted by molar-refractivity contribution is -0.387. The minimum Gasteiger partial charge on any atom is -0.383 e. The van der Waals surface area contributed by atoms with Gasteiger partial charge in [-0.25, -0.2) is 0 Å². The van der Waals surface area contributed by atoms with Gasteiger partial charge in [-0.3, -0.25) is 10.1 Å². The first kappa shape index (κ1) is 20.5. The fourth-order valence-corrected chi connectivity index (χ4v) is 3.73. The molecule has 3 rings (SSSR count). The van der Waals surface area contributed by atoms with Crippen LogP contribution in [0, 0.1) is 10.1 Å². The Balaban J connectivity index is 1.94. The molecule has 5 nitrogen and oxygen atoms in total. The number of rotatable bonds is 5. The minimum atomic E-state index is -4.87. The number of aliphatic hydroxyl groups is 1. The SMILES string of the molecule is CC(O)(CSc1ccc(Cl)cc1)c1cc2cc([N+](=O)[O-])c(C(F)(F)F)cc2[nH]1. The third-order valence-corrected chi connectivity index (χ3v) is 5.72. The summed E-state index contributed by atoms with van der Waals surface area (Å²) in [5.41, 5.74) is -3.45. The van der Waals surface area contributed by atoms with Crippen molar-refractivity contribution in [1.82, 2.24) is 4.98 Å². The van der Waals surface area contributed by atoms with E-state index in [9.17, 15) is 28.4 Å². The number of aromatic amines is 1. The fraction of sp³-hybridized carbons (Fsp3) is 0.222. The molecule has 1 aromatic heterocycles. The Kier molecular flexibility index (Phi) is 5.35. The van der Waals surface area contributed by atoms with Gasteiger partial charge in [0.05, 0.1) is 4.92 Å². The lowest BCUT2D eigenvalue weighted by Gasteiger charge is -2.21. The number of hydrogen-bond acceptors (Lipinski definition) is 4. The van der Waals surface area contributed by atoms with E-state index in [1.54, 1.807) is 24.3 Å². The summed E-state index contributed by atoms with van der Waals surface area (Å²) in [6.07, 6.45) is -4.87. The first-order chi connectivity index (χ1) is 13.0. The summed E-state index contributed by atoms with van der Waals surface area (Å²) in [5.74, 6) is 0.204. The van der Waals surface area contributed by atoms with Crippen LogP contribution < -0.4 is 0 Å². The topological polar surface area (TPSA) is 79.2 Å². The highest BCUT2D eigenvalue weighted by molar-refractivity contribution is 7.99. The van der Waals surface area contributed by atoms with Gasteiger partial charge in [0.1, 0.15) is 11.2 Å². The number of alkyl halides is 3. The maximum Gasteiger partial charge on any atom is 0.423 e. The van der Waals surface area contributed by atoms with E-state index in [0.717, 1.165) is 11.0 Å². The molecular formula is C18H14ClF3N2O3S. The summed E-state index contributed by atoms with van der Waals surface area (Å²) >= 11 is 7.17. The molecule has 0 fully saturated rings. The maximum atomic E-state index is 13.1. The van der Waals surface area contributed by atoms with Crippen molar-refractivity contribution in [3.05, 3.63) is 68.9 Å². The second kappa shape index (κ2) is 7.31. The van der Waals surface area contributed by atoms with Crippen molar-refractivity contribution < 1.29 is 23.2 Å². The molecule has 148 valence electrons. The number of hydrogen-bond donors (Lipinski definition) is 2. The van der Waals surface area contributed by atoms with Gasteiger partial charge in [0.15, 0.2) is 0 Å². The molecule has 0 aliphatic heterocycles. The van der Waals surface area contributed by atoms with Crippen molar-refractivity contribution in [3.8, 4) is 0 Å². The van der Waals surface area contributed by atoms with Crippen molar-refractivity contribution in [3.63, 3.8) is 0 Å². The van der Waals surface area contributed by atoms with Gasteiger partial charge in [-0.2, -0.15) is 13.2 Å². The van der Waals surface area contributed by atoms with Crippen LogP contribution in [0.15, 0.2) is 47.4 Å². The van der Waals surface area contributed by atoms with Crippen LogP contribution in [-0.4, -0.2) is 20.8 Å². The van der Waals surface area contributed by atoms with E-state index in [1.807, 2.05) is 0 Å². The Morgan fingerprint density at radius 3 is 2.43 bits per heavy atom. The van der Waals surface area contributed by atoms with Gasteiger partial charge in [0.2, 0.25) is 0 Å². The number of nitrogens with zero attached hydrogens (tertiary/aromatic N) is 1. The van der Waals surface area contributed by atoms with Crippen LogP contribution in [0.4, 0.5) is 18.9 Å². The van der Waals surface area contributed by atoms with E-state index in [1.165, 1.54) is 24.8 Å². The van der Waals surface area contributed by atoms with Crippen molar-refractivity contribution in [2.75, 3.05) is 5.75 Å². The molecule has 1 unspecified atom stereocenters. The molecular weight excluding hydrogens is 417 g/mol. The van der Waals surface area contributed by atoms with E-state index in [2.05, 4.69) is 4.98 Å². The standard InChI is InChI=1S/C18H14ClF3N2O3S/c1-17(25,9-28-12-4-2-11(19)3-5-12)16-7-10-6-15(24(26)27)13(18(20,21)22)8-14(10)23-16/h2-8,23,25H,9H2,1H3.